The minimum atomic E-state index is 0.408. The molecule has 0 aliphatic carbocycles. The smallest absolute Gasteiger partial charge is 0.178 e. The van der Waals surface area contributed by atoms with Crippen LogP contribution in [0.5, 0.6) is 5.75 Å². The molecule has 1 aromatic carbocycles. The van der Waals surface area contributed by atoms with Crippen molar-refractivity contribution in [2.45, 2.75) is 6.92 Å². The van der Waals surface area contributed by atoms with Gasteiger partial charge in [-0.1, -0.05) is 23.2 Å². The van der Waals surface area contributed by atoms with Gasteiger partial charge in [-0.25, -0.2) is 4.98 Å². The molecule has 0 aliphatic rings. The van der Waals surface area contributed by atoms with Crippen LogP contribution >= 0.6 is 34.5 Å². The van der Waals surface area contributed by atoms with Crippen LogP contribution in [0.4, 0.5) is 0 Å². The fourth-order valence-corrected chi connectivity index (χ4v) is 2.74. The van der Waals surface area contributed by atoms with Crippen molar-refractivity contribution < 1.29 is 9.53 Å². The molecule has 6 heteroatoms. The lowest BCUT2D eigenvalue weighted by atomic mass is 10.2. The predicted octanol–water partition coefficient (Wildman–Crippen LogP) is 4.33. The van der Waals surface area contributed by atoms with Crippen molar-refractivity contribution in [3.8, 4) is 16.2 Å². The van der Waals surface area contributed by atoms with E-state index in [1.165, 1.54) is 11.3 Å². The molecule has 0 atom stereocenters. The zero-order valence-electron chi connectivity index (χ0n) is 9.44. The average molecular weight is 302 g/mol. The molecule has 1 heterocycles. The molecule has 1 aromatic heterocycles. The molecule has 0 amide bonds. The number of carbonyl (C=O) groups excluding carboxylic acids is 1. The highest BCUT2D eigenvalue weighted by atomic mass is 35.5. The Labute approximate surface area is 118 Å². The third-order valence-electron chi connectivity index (χ3n) is 2.21. The van der Waals surface area contributed by atoms with Gasteiger partial charge in [-0.05, 0) is 13.0 Å². The predicted molar refractivity (Wildman–Crippen MR) is 74.1 cm³/mol. The molecule has 0 saturated heterocycles. The average Bonchev–Trinajstić information content (AvgIpc) is 2.82. The number of nitrogens with zero attached hydrogens (tertiary/aromatic N) is 1. The molecule has 0 spiro atoms. The van der Waals surface area contributed by atoms with E-state index in [9.17, 15) is 4.79 Å². The molecular formula is C12H9Cl2NO2S. The van der Waals surface area contributed by atoms with Gasteiger partial charge in [0.25, 0.3) is 0 Å². The van der Waals surface area contributed by atoms with Gasteiger partial charge < -0.3 is 4.74 Å². The van der Waals surface area contributed by atoms with Crippen LogP contribution in [0.3, 0.4) is 0 Å². The number of benzene rings is 1. The summed E-state index contributed by atoms with van der Waals surface area (Å²) in [6.07, 6.45) is 2.31. The van der Waals surface area contributed by atoms with E-state index in [0.717, 1.165) is 10.4 Å². The summed E-state index contributed by atoms with van der Waals surface area (Å²) in [5.74, 6) is 0.549. The van der Waals surface area contributed by atoms with Gasteiger partial charge >= 0.3 is 0 Å². The van der Waals surface area contributed by atoms with Crippen LogP contribution in [0.1, 0.15) is 16.7 Å². The van der Waals surface area contributed by atoms with Crippen LogP contribution in [-0.4, -0.2) is 17.9 Å². The van der Waals surface area contributed by atoms with Gasteiger partial charge in [0.15, 0.2) is 11.3 Å². The summed E-state index contributed by atoms with van der Waals surface area (Å²) < 4.78 is 5.35. The number of rotatable bonds is 4. The Balaban J connectivity index is 2.45. The number of aromatic nitrogens is 1. The lowest BCUT2D eigenvalue weighted by Crippen LogP contribution is -1.92. The van der Waals surface area contributed by atoms with E-state index in [1.807, 2.05) is 6.92 Å². The number of halogens is 2. The van der Waals surface area contributed by atoms with Crippen LogP contribution in [0, 0.1) is 0 Å². The highest BCUT2D eigenvalue weighted by Crippen LogP contribution is 2.38. The molecule has 18 heavy (non-hydrogen) atoms. The SMILES string of the molecule is CCOc1cc(Cl)c(-c2cnc(C=O)s2)cc1Cl. The molecule has 2 rings (SSSR count). The van der Waals surface area contributed by atoms with Crippen molar-refractivity contribution in [2.75, 3.05) is 6.61 Å². The molecule has 0 unspecified atom stereocenters. The first kappa shape index (κ1) is 13.3. The van der Waals surface area contributed by atoms with E-state index in [2.05, 4.69) is 4.98 Å². The second kappa shape index (κ2) is 5.69. The fraction of sp³-hybridized carbons (Fsp3) is 0.167. The lowest BCUT2D eigenvalue weighted by Gasteiger charge is -2.08. The molecule has 3 nitrogen and oxygen atoms in total. The Kier molecular flexibility index (Phi) is 4.22. The summed E-state index contributed by atoms with van der Waals surface area (Å²) in [5.41, 5.74) is 0.746. The number of hydrogen-bond donors (Lipinski definition) is 0. The minimum Gasteiger partial charge on any atom is -0.492 e. The fourth-order valence-electron chi connectivity index (χ4n) is 1.45. The summed E-state index contributed by atoms with van der Waals surface area (Å²) in [7, 11) is 0. The molecule has 0 fully saturated rings. The molecule has 0 aliphatic heterocycles. The van der Waals surface area contributed by atoms with Gasteiger partial charge in [0, 0.05) is 17.8 Å². The first-order chi connectivity index (χ1) is 8.65. The standard InChI is InChI=1S/C12H9Cl2NO2S/c1-2-17-10-4-8(13)7(3-9(10)14)11-5-15-12(6-16)18-11/h3-6H,2H2,1H3. The third-order valence-corrected chi connectivity index (χ3v) is 3.78. The first-order valence-electron chi connectivity index (χ1n) is 5.19. The van der Waals surface area contributed by atoms with Crippen LogP contribution < -0.4 is 4.74 Å². The van der Waals surface area contributed by atoms with Crippen LogP contribution in [-0.2, 0) is 0 Å². The molecule has 0 bridgehead atoms. The van der Waals surface area contributed by atoms with Crippen LogP contribution in [0.15, 0.2) is 18.3 Å². The highest BCUT2D eigenvalue weighted by molar-refractivity contribution is 7.16. The van der Waals surface area contributed by atoms with Gasteiger partial charge in [-0.3, -0.25) is 4.79 Å². The summed E-state index contributed by atoms with van der Waals surface area (Å²) in [4.78, 5) is 15.4. The van der Waals surface area contributed by atoms with Crippen molar-refractivity contribution in [1.29, 1.82) is 0 Å². The van der Waals surface area contributed by atoms with Crippen molar-refractivity contribution >= 4 is 40.8 Å². The summed E-state index contributed by atoms with van der Waals surface area (Å²) in [6, 6.07) is 3.39. The Morgan fingerprint density at radius 3 is 2.78 bits per heavy atom. The maximum absolute atomic E-state index is 10.6. The van der Waals surface area contributed by atoms with Crippen LogP contribution in [0.25, 0.3) is 10.4 Å². The normalized spacial score (nSPS) is 10.4. The van der Waals surface area contributed by atoms with Gasteiger partial charge in [0.2, 0.25) is 0 Å². The van der Waals surface area contributed by atoms with E-state index in [0.29, 0.717) is 33.7 Å². The van der Waals surface area contributed by atoms with Crippen molar-refractivity contribution in [2.24, 2.45) is 0 Å². The minimum absolute atomic E-state index is 0.408. The monoisotopic (exact) mass is 301 g/mol. The molecule has 0 N–H and O–H groups in total. The molecule has 2 aromatic rings. The first-order valence-corrected chi connectivity index (χ1v) is 6.76. The van der Waals surface area contributed by atoms with Crippen LogP contribution in [0.2, 0.25) is 10.0 Å². The Bertz CT molecular complexity index is 583. The van der Waals surface area contributed by atoms with E-state index in [1.54, 1.807) is 18.3 Å². The lowest BCUT2D eigenvalue weighted by molar-refractivity contribution is 0.112. The topological polar surface area (TPSA) is 39.2 Å². The van der Waals surface area contributed by atoms with Crippen molar-refractivity contribution in [3.05, 3.63) is 33.4 Å². The van der Waals surface area contributed by atoms with Gasteiger partial charge in [0.1, 0.15) is 5.75 Å². The highest BCUT2D eigenvalue weighted by Gasteiger charge is 2.12. The summed E-state index contributed by atoms with van der Waals surface area (Å²) >= 11 is 13.5. The largest absolute Gasteiger partial charge is 0.492 e. The number of hydrogen-bond acceptors (Lipinski definition) is 4. The Morgan fingerprint density at radius 2 is 2.17 bits per heavy atom. The van der Waals surface area contributed by atoms with Crippen molar-refractivity contribution in [3.63, 3.8) is 0 Å². The van der Waals surface area contributed by atoms with Crippen molar-refractivity contribution in [1.82, 2.24) is 4.98 Å². The summed E-state index contributed by atoms with van der Waals surface area (Å²) in [5, 5.41) is 1.41. The number of ether oxygens (including phenoxy) is 1. The Hall–Kier alpha value is -1.10. The van der Waals surface area contributed by atoms with Gasteiger partial charge in [-0.2, -0.15) is 0 Å². The molecule has 94 valence electrons. The quantitative estimate of drug-likeness (QED) is 0.789. The molecular weight excluding hydrogens is 293 g/mol. The van der Waals surface area contributed by atoms with Gasteiger partial charge in [-0.15, -0.1) is 11.3 Å². The van der Waals surface area contributed by atoms with E-state index >= 15 is 0 Å². The van der Waals surface area contributed by atoms with E-state index in [4.69, 9.17) is 27.9 Å². The second-order valence-electron chi connectivity index (χ2n) is 3.38. The Morgan fingerprint density at radius 1 is 1.39 bits per heavy atom. The zero-order chi connectivity index (χ0) is 13.1. The second-order valence-corrected chi connectivity index (χ2v) is 5.25. The van der Waals surface area contributed by atoms with Gasteiger partial charge in [0.05, 0.1) is 21.5 Å². The third kappa shape index (κ3) is 2.66. The number of thiazole rings is 1. The zero-order valence-corrected chi connectivity index (χ0v) is 11.8. The van der Waals surface area contributed by atoms with E-state index in [-0.39, 0.29) is 0 Å². The van der Waals surface area contributed by atoms with E-state index < -0.39 is 0 Å². The number of aldehydes is 1. The summed E-state index contributed by atoms with van der Waals surface area (Å²) in [6.45, 7) is 2.39. The molecule has 0 saturated carbocycles. The maximum atomic E-state index is 10.6. The molecule has 0 radical (unpaired) electrons. The number of carbonyl (C=O) groups is 1. The maximum Gasteiger partial charge on any atom is 0.178 e.